The maximum atomic E-state index is 11.1. The van der Waals surface area contributed by atoms with Gasteiger partial charge in [-0.15, -0.1) is 0 Å². The fourth-order valence-corrected chi connectivity index (χ4v) is 1.77. The van der Waals surface area contributed by atoms with Crippen molar-refractivity contribution in [3.05, 3.63) is 29.6 Å². The van der Waals surface area contributed by atoms with Crippen LogP contribution in [0.3, 0.4) is 0 Å². The quantitative estimate of drug-likeness (QED) is 0.724. The maximum Gasteiger partial charge on any atom is 0.178 e. The van der Waals surface area contributed by atoms with Gasteiger partial charge in [0.2, 0.25) is 0 Å². The monoisotopic (exact) mass is 214 g/mol. The molecule has 1 aromatic rings. The Hall–Kier alpha value is -1.69. The molecule has 2 rings (SSSR count). The van der Waals surface area contributed by atoms with Crippen molar-refractivity contribution in [1.29, 1.82) is 5.26 Å². The van der Waals surface area contributed by atoms with E-state index in [0.29, 0.717) is 5.69 Å². The molecular weight excluding hydrogens is 200 g/mol. The molecule has 1 aliphatic rings. The van der Waals surface area contributed by atoms with Crippen molar-refractivity contribution in [3.63, 3.8) is 0 Å². The fourth-order valence-electron chi connectivity index (χ4n) is 1.77. The van der Waals surface area contributed by atoms with Gasteiger partial charge in [-0.1, -0.05) is 18.9 Å². The maximum absolute atomic E-state index is 11.1. The van der Waals surface area contributed by atoms with E-state index in [1.165, 1.54) is 19.8 Å². The van der Waals surface area contributed by atoms with Crippen LogP contribution in [0.4, 0.5) is 0 Å². The van der Waals surface area contributed by atoms with Crippen LogP contribution >= 0.6 is 0 Å². The van der Waals surface area contributed by atoms with Crippen LogP contribution in [0.1, 0.15) is 48.2 Å². The lowest BCUT2D eigenvalue weighted by atomic mass is 9.96. The van der Waals surface area contributed by atoms with Gasteiger partial charge in [0.1, 0.15) is 5.69 Å². The average molecular weight is 214 g/mol. The molecule has 0 N–H and O–H groups in total. The van der Waals surface area contributed by atoms with E-state index in [9.17, 15) is 4.79 Å². The number of carbonyl (C=O) groups is 1. The van der Waals surface area contributed by atoms with Crippen LogP contribution in [0.25, 0.3) is 0 Å². The molecule has 0 aliphatic heterocycles. The van der Waals surface area contributed by atoms with Crippen LogP contribution in [0.5, 0.6) is 0 Å². The highest BCUT2D eigenvalue weighted by atomic mass is 16.1. The Bertz CT molecular complexity index is 426. The molecular formula is C13H14N2O. The number of Topliss-reactive ketones (excluding diaryl/α,β-unsaturated/α-hetero) is 1. The van der Waals surface area contributed by atoms with Crippen LogP contribution in [0.2, 0.25) is 0 Å². The summed E-state index contributed by atoms with van der Waals surface area (Å²) in [5.74, 6) is 0.611. The van der Waals surface area contributed by atoms with Crippen LogP contribution in [-0.2, 0) is 0 Å². The number of hydrogen-bond acceptors (Lipinski definition) is 3. The lowest BCUT2D eigenvalue weighted by molar-refractivity contribution is 0.101. The smallest absolute Gasteiger partial charge is 0.178 e. The number of nitrogens with zero attached hydrogens (tertiary/aromatic N) is 2. The van der Waals surface area contributed by atoms with Crippen LogP contribution in [0, 0.1) is 17.2 Å². The van der Waals surface area contributed by atoms with Crippen molar-refractivity contribution in [2.45, 2.75) is 32.1 Å². The highest BCUT2D eigenvalue weighted by Gasteiger charge is 2.26. The standard InChI is InChI=1S/C13H14N2O/c1-9(16)13-5-4-11(8-15-13)12(7-14)6-10-2-3-10/h4-5,8,10,12H,2-3,6H2,1H3. The first-order chi connectivity index (χ1) is 7.70. The van der Waals surface area contributed by atoms with Gasteiger partial charge in [-0.3, -0.25) is 9.78 Å². The predicted molar refractivity (Wildman–Crippen MR) is 59.9 cm³/mol. The van der Waals surface area contributed by atoms with E-state index >= 15 is 0 Å². The minimum Gasteiger partial charge on any atom is -0.293 e. The average Bonchev–Trinajstić information content (AvgIpc) is 3.10. The molecule has 1 fully saturated rings. The zero-order valence-corrected chi connectivity index (χ0v) is 9.31. The third-order valence-electron chi connectivity index (χ3n) is 2.97. The van der Waals surface area contributed by atoms with E-state index in [1.54, 1.807) is 12.3 Å². The zero-order chi connectivity index (χ0) is 11.5. The molecule has 0 saturated heterocycles. The van der Waals surface area contributed by atoms with Gasteiger partial charge >= 0.3 is 0 Å². The number of aromatic nitrogens is 1. The Morgan fingerprint density at radius 1 is 1.62 bits per heavy atom. The molecule has 1 heterocycles. The number of carbonyl (C=O) groups excluding carboxylic acids is 1. The van der Waals surface area contributed by atoms with Crippen LogP contribution in [0.15, 0.2) is 18.3 Å². The van der Waals surface area contributed by atoms with E-state index in [-0.39, 0.29) is 11.7 Å². The Labute approximate surface area is 95.1 Å². The van der Waals surface area contributed by atoms with Crippen LogP contribution in [-0.4, -0.2) is 10.8 Å². The third kappa shape index (κ3) is 2.46. The van der Waals surface area contributed by atoms with Gasteiger partial charge in [0.25, 0.3) is 0 Å². The third-order valence-corrected chi connectivity index (χ3v) is 2.97. The summed E-state index contributed by atoms with van der Waals surface area (Å²) in [7, 11) is 0. The molecule has 1 aliphatic carbocycles. The number of rotatable bonds is 4. The summed E-state index contributed by atoms with van der Waals surface area (Å²) in [6.45, 7) is 1.49. The first kappa shape index (κ1) is 10.8. The number of hydrogen-bond donors (Lipinski definition) is 0. The minimum atomic E-state index is -0.0685. The highest BCUT2D eigenvalue weighted by molar-refractivity contribution is 5.91. The molecule has 0 amide bonds. The highest BCUT2D eigenvalue weighted by Crippen LogP contribution is 2.38. The molecule has 0 spiro atoms. The Morgan fingerprint density at radius 2 is 2.38 bits per heavy atom. The van der Waals surface area contributed by atoms with Crippen molar-refractivity contribution in [1.82, 2.24) is 4.98 Å². The minimum absolute atomic E-state index is 0.0396. The molecule has 1 saturated carbocycles. The van der Waals surface area contributed by atoms with Crippen LogP contribution < -0.4 is 0 Å². The van der Waals surface area contributed by atoms with Crippen molar-refractivity contribution < 1.29 is 4.79 Å². The molecule has 1 aromatic heterocycles. The second-order valence-electron chi connectivity index (χ2n) is 4.39. The van der Waals surface area contributed by atoms with Gasteiger partial charge in [0.15, 0.2) is 5.78 Å². The summed E-state index contributed by atoms with van der Waals surface area (Å²) in [5, 5.41) is 9.09. The summed E-state index contributed by atoms with van der Waals surface area (Å²) in [6, 6.07) is 5.86. The summed E-state index contributed by atoms with van der Waals surface area (Å²) < 4.78 is 0. The summed E-state index contributed by atoms with van der Waals surface area (Å²) >= 11 is 0. The Morgan fingerprint density at radius 3 is 2.81 bits per heavy atom. The van der Waals surface area contributed by atoms with Gasteiger partial charge in [-0.05, 0) is 24.0 Å². The SMILES string of the molecule is CC(=O)c1ccc(C(C#N)CC2CC2)cn1. The van der Waals surface area contributed by atoms with E-state index in [2.05, 4.69) is 11.1 Å². The second kappa shape index (κ2) is 4.44. The molecule has 82 valence electrons. The Kier molecular flexibility index (Phi) is 3.00. The fraction of sp³-hybridized carbons (Fsp3) is 0.462. The second-order valence-corrected chi connectivity index (χ2v) is 4.39. The van der Waals surface area contributed by atoms with Gasteiger partial charge in [-0.2, -0.15) is 5.26 Å². The van der Waals surface area contributed by atoms with E-state index in [1.807, 2.05) is 6.07 Å². The first-order valence-electron chi connectivity index (χ1n) is 5.57. The molecule has 3 heteroatoms. The van der Waals surface area contributed by atoms with Crippen molar-refractivity contribution in [2.75, 3.05) is 0 Å². The molecule has 16 heavy (non-hydrogen) atoms. The molecule has 3 nitrogen and oxygen atoms in total. The number of nitriles is 1. The largest absolute Gasteiger partial charge is 0.293 e. The van der Waals surface area contributed by atoms with Gasteiger partial charge in [-0.25, -0.2) is 0 Å². The molecule has 1 atom stereocenters. The summed E-state index contributed by atoms with van der Waals surface area (Å²) in [5.41, 5.74) is 1.39. The lowest BCUT2D eigenvalue weighted by Gasteiger charge is -2.08. The number of ketones is 1. The topological polar surface area (TPSA) is 53.8 Å². The van der Waals surface area contributed by atoms with Crippen molar-refractivity contribution >= 4 is 5.78 Å². The summed E-state index contributed by atoms with van der Waals surface area (Å²) in [6.07, 6.45) is 5.08. The summed E-state index contributed by atoms with van der Waals surface area (Å²) in [4.78, 5) is 15.1. The van der Waals surface area contributed by atoms with Gasteiger partial charge < -0.3 is 0 Å². The molecule has 1 unspecified atom stereocenters. The molecule has 0 bridgehead atoms. The lowest BCUT2D eigenvalue weighted by Crippen LogP contribution is -2.01. The van der Waals surface area contributed by atoms with E-state index in [4.69, 9.17) is 5.26 Å². The van der Waals surface area contributed by atoms with Crippen molar-refractivity contribution in [2.24, 2.45) is 5.92 Å². The first-order valence-corrected chi connectivity index (χ1v) is 5.57. The van der Waals surface area contributed by atoms with Gasteiger partial charge in [0, 0.05) is 13.1 Å². The number of pyridine rings is 1. The predicted octanol–water partition coefficient (Wildman–Crippen LogP) is 2.69. The van der Waals surface area contributed by atoms with Crippen molar-refractivity contribution in [3.8, 4) is 6.07 Å². The normalized spacial score (nSPS) is 16.5. The zero-order valence-electron chi connectivity index (χ0n) is 9.31. The molecule has 0 aromatic carbocycles. The van der Waals surface area contributed by atoms with E-state index in [0.717, 1.165) is 17.9 Å². The molecule has 0 radical (unpaired) electrons. The van der Waals surface area contributed by atoms with E-state index < -0.39 is 0 Å². The van der Waals surface area contributed by atoms with Gasteiger partial charge in [0.05, 0.1) is 12.0 Å². The Balaban J connectivity index is 2.12.